The van der Waals surface area contributed by atoms with Crippen LogP contribution in [0, 0.1) is 13.8 Å². The van der Waals surface area contributed by atoms with Gasteiger partial charge in [-0.2, -0.15) is 0 Å². The molecule has 0 fully saturated rings. The highest BCUT2D eigenvalue weighted by Gasteiger charge is 2.20. The summed E-state index contributed by atoms with van der Waals surface area (Å²) in [7, 11) is 0. The number of anilines is 2. The molecule has 4 nitrogen and oxygen atoms in total. The molecule has 0 spiro atoms. The lowest BCUT2D eigenvalue weighted by Crippen LogP contribution is -2.32. The van der Waals surface area contributed by atoms with Gasteiger partial charge in [-0.1, -0.05) is 24.3 Å². The van der Waals surface area contributed by atoms with Gasteiger partial charge >= 0.3 is 0 Å². The first-order valence-electron chi connectivity index (χ1n) is 6.57. The smallest absolute Gasteiger partial charge is 0.137 e. The zero-order valence-corrected chi connectivity index (χ0v) is 11.3. The molecule has 4 heteroatoms. The molecule has 0 aliphatic carbocycles. The average molecular weight is 254 g/mol. The summed E-state index contributed by atoms with van der Waals surface area (Å²) in [5.74, 6) is 2.29. The van der Waals surface area contributed by atoms with Crippen LogP contribution in [0.5, 0.6) is 0 Å². The fourth-order valence-corrected chi connectivity index (χ4v) is 2.62. The van der Waals surface area contributed by atoms with Gasteiger partial charge in [-0.3, -0.25) is 0 Å². The Balaban J connectivity index is 1.97. The number of hydrogen-bond donors (Lipinski definition) is 1. The van der Waals surface area contributed by atoms with Crippen LogP contribution in [-0.4, -0.2) is 16.5 Å². The molecule has 0 radical (unpaired) electrons. The Morgan fingerprint density at radius 2 is 1.84 bits per heavy atom. The summed E-state index contributed by atoms with van der Waals surface area (Å²) in [6.07, 6.45) is 1.05. The minimum atomic E-state index is 0.585. The molecule has 2 aromatic rings. The molecule has 2 N–H and O–H groups in total. The lowest BCUT2D eigenvalue weighted by Gasteiger charge is -2.31. The van der Waals surface area contributed by atoms with E-state index in [4.69, 9.17) is 5.73 Å². The van der Waals surface area contributed by atoms with Gasteiger partial charge in [0.15, 0.2) is 0 Å². The molecule has 0 saturated carbocycles. The van der Waals surface area contributed by atoms with E-state index in [-0.39, 0.29) is 0 Å². The molecule has 2 heterocycles. The van der Waals surface area contributed by atoms with Crippen molar-refractivity contribution in [2.75, 3.05) is 17.2 Å². The number of nitrogens with two attached hydrogens (primary N) is 1. The van der Waals surface area contributed by atoms with Gasteiger partial charge in [-0.25, -0.2) is 9.97 Å². The van der Waals surface area contributed by atoms with Crippen LogP contribution in [0.1, 0.15) is 22.5 Å². The summed E-state index contributed by atoms with van der Waals surface area (Å²) in [6, 6.07) is 8.59. The van der Waals surface area contributed by atoms with Gasteiger partial charge in [0, 0.05) is 18.7 Å². The SMILES string of the molecule is Cc1nc(N)c(C)c(N2CCc3ccccc3C2)n1. The first kappa shape index (κ1) is 12.0. The third-order valence-corrected chi connectivity index (χ3v) is 3.70. The Labute approximate surface area is 113 Å². The molecule has 1 aromatic carbocycles. The molecule has 0 amide bonds. The number of nitrogen functional groups attached to an aromatic ring is 1. The second-order valence-electron chi connectivity index (χ2n) is 5.04. The quantitative estimate of drug-likeness (QED) is 0.848. The van der Waals surface area contributed by atoms with E-state index in [9.17, 15) is 0 Å². The monoisotopic (exact) mass is 254 g/mol. The molecule has 1 aliphatic rings. The van der Waals surface area contributed by atoms with Crippen molar-refractivity contribution in [1.82, 2.24) is 9.97 Å². The van der Waals surface area contributed by atoms with Gasteiger partial charge < -0.3 is 10.6 Å². The maximum absolute atomic E-state index is 5.94. The van der Waals surface area contributed by atoms with Crippen LogP contribution in [0.15, 0.2) is 24.3 Å². The Morgan fingerprint density at radius 3 is 2.63 bits per heavy atom. The number of hydrogen-bond acceptors (Lipinski definition) is 4. The van der Waals surface area contributed by atoms with Crippen molar-refractivity contribution in [3.8, 4) is 0 Å². The summed E-state index contributed by atoms with van der Waals surface area (Å²) in [4.78, 5) is 11.1. The zero-order valence-electron chi connectivity index (χ0n) is 11.3. The first-order chi connectivity index (χ1) is 9.15. The van der Waals surface area contributed by atoms with Gasteiger partial charge in [-0.05, 0) is 31.4 Å². The molecule has 3 rings (SSSR count). The normalized spacial score (nSPS) is 14.3. The molecule has 0 unspecified atom stereocenters. The molecule has 1 aliphatic heterocycles. The van der Waals surface area contributed by atoms with Crippen molar-refractivity contribution in [1.29, 1.82) is 0 Å². The van der Waals surface area contributed by atoms with E-state index in [1.54, 1.807) is 0 Å². The molecule has 1 aromatic heterocycles. The van der Waals surface area contributed by atoms with Gasteiger partial charge in [0.2, 0.25) is 0 Å². The number of aryl methyl sites for hydroxylation is 1. The van der Waals surface area contributed by atoms with E-state index < -0.39 is 0 Å². The van der Waals surface area contributed by atoms with E-state index >= 15 is 0 Å². The Bertz CT molecular complexity index is 622. The highest BCUT2D eigenvalue weighted by Crippen LogP contribution is 2.27. The van der Waals surface area contributed by atoms with Gasteiger partial charge in [0.1, 0.15) is 17.5 Å². The number of rotatable bonds is 1. The largest absolute Gasteiger partial charge is 0.383 e. The van der Waals surface area contributed by atoms with Crippen LogP contribution in [0.25, 0.3) is 0 Å². The first-order valence-corrected chi connectivity index (χ1v) is 6.57. The summed E-state index contributed by atoms with van der Waals surface area (Å²) in [5, 5.41) is 0. The van der Waals surface area contributed by atoms with Crippen LogP contribution in [-0.2, 0) is 13.0 Å². The second-order valence-corrected chi connectivity index (χ2v) is 5.04. The molecule has 0 bridgehead atoms. The third-order valence-electron chi connectivity index (χ3n) is 3.70. The number of benzene rings is 1. The molecular weight excluding hydrogens is 236 g/mol. The van der Waals surface area contributed by atoms with Gasteiger partial charge in [-0.15, -0.1) is 0 Å². The minimum absolute atomic E-state index is 0.585. The summed E-state index contributed by atoms with van der Waals surface area (Å²) in [6.45, 7) is 5.75. The third kappa shape index (κ3) is 2.14. The van der Waals surface area contributed by atoms with Crippen LogP contribution in [0.3, 0.4) is 0 Å². The summed E-state index contributed by atoms with van der Waals surface area (Å²) >= 11 is 0. The van der Waals surface area contributed by atoms with E-state index in [1.165, 1.54) is 11.1 Å². The maximum Gasteiger partial charge on any atom is 0.137 e. The van der Waals surface area contributed by atoms with Crippen LogP contribution < -0.4 is 10.6 Å². The topological polar surface area (TPSA) is 55.0 Å². The standard InChI is InChI=1S/C15H18N4/c1-10-14(16)17-11(2)18-15(10)19-8-7-12-5-3-4-6-13(12)9-19/h3-6H,7-9H2,1-2H3,(H2,16,17,18). The van der Waals surface area contributed by atoms with E-state index in [0.717, 1.165) is 36.7 Å². The molecule has 0 atom stereocenters. The van der Waals surface area contributed by atoms with Crippen LogP contribution in [0.4, 0.5) is 11.6 Å². The highest BCUT2D eigenvalue weighted by molar-refractivity contribution is 5.57. The van der Waals surface area contributed by atoms with E-state index in [1.807, 2.05) is 13.8 Å². The lowest BCUT2D eigenvalue weighted by molar-refractivity contribution is 0.714. The van der Waals surface area contributed by atoms with E-state index in [2.05, 4.69) is 39.1 Å². The van der Waals surface area contributed by atoms with Crippen LogP contribution >= 0.6 is 0 Å². The number of fused-ring (bicyclic) bond motifs is 1. The Kier molecular flexibility index (Phi) is 2.85. The van der Waals surface area contributed by atoms with Gasteiger partial charge in [0.05, 0.1) is 0 Å². The summed E-state index contributed by atoms with van der Waals surface area (Å²) < 4.78 is 0. The van der Waals surface area contributed by atoms with Crippen LogP contribution in [0.2, 0.25) is 0 Å². The van der Waals surface area contributed by atoms with E-state index in [0.29, 0.717) is 5.82 Å². The van der Waals surface area contributed by atoms with Crippen molar-refractivity contribution >= 4 is 11.6 Å². The molecular formula is C15H18N4. The maximum atomic E-state index is 5.94. The zero-order chi connectivity index (χ0) is 13.4. The number of aromatic nitrogens is 2. The predicted molar refractivity (Wildman–Crippen MR) is 77.1 cm³/mol. The van der Waals surface area contributed by atoms with Crippen molar-refractivity contribution < 1.29 is 0 Å². The fourth-order valence-electron chi connectivity index (χ4n) is 2.62. The average Bonchev–Trinajstić information content (AvgIpc) is 2.42. The van der Waals surface area contributed by atoms with Crippen molar-refractivity contribution in [2.45, 2.75) is 26.8 Å². The second kappa shape index (κ2) is 4.53. The molecule has 19 heavy (non-hydrogen) atoms. The van der Waals surface area contributed by atoms with Gasteiger partial charge in [0.25, 0.3) is 0 Å². The summed E-state index contributed by atoms with van der Waals surface area (Å²) in [5.41, 5.74) is 9.74. The lowest BCUT2D eigenvalue weighted by atomic mass is 10.00. The Morgan fingerprint density at radius 1 is 1.11 bits per heavy atom. The van der Waals surface area contributed by atoms with Crippen molar-refractivity contribution in [3.63, 3.8) is 0 Å². The molecule has 0 saturated heterocycles. The molecule has 98 valence electrons. The van der Waals surface area contributed by atoms with Crippen molar-refractivity contribution in [3.05, 3.63) is 46.8 Å². The fraction of sp³-hybridized carbons (Fsp3) is 0.333. The Hall–Kier alpha value is -2.10. The highest BCUT2D eigenvalue weighted by atomic mass is 15.2. The number of nitrogens with zero attached hydrogens (tertiary/aromatic N) is 3. The van der Waals surface area contributed by atoms with Crippen molar-refractivity contribution in [2.24, 2.45) is 0 Å². The predicted octanol–water partition coefficient (Wildman–Crippen LogP) is 2.24. The minimum Gasteiger partial charge on any atom is -0.383 e.